The minimum absolute atomic E-state index is 0.243. The van der Waals surface area contributed by atoms with Crippen molar-refractivity contribution >= 4 is 10.9 Å². The number of benzene rings is 1. The third-order valence-electron chi connectivity index (χ3n) is 2.20. The summed E-state index contributed by atoms with van der Waals surface area (Å²) in [4.78, 5) is 2.87. The zero-order valence-electron chi connectivity index (χ0n) is 9.44. The molecule has 0 unspecified atom stereocenters. The highest BCUT2D eigenvalue weighted by molar-refractivity contribution is 5.81. The number of aromatic nitrogens is 1. The number of H-pyrrole nitrogens is 1. The van der Waals surface area contributed by atoms with Crippen molar-refractivity contribution in [3.63, 3.8) is 0 Å². The Morgan fingerprint density at radius 2 is 1.75 bits per heavy atom. The van der Waals surface area contributed by atoms with Gasteiger partial charge in [-0.25, -0.2) is 0 Å². The van der Waals surface area contributed by atoms with Crippen molar-refractivity contribution in [3.8, 4) is 0 Å². The number of aryl methyl sites for hydroxylation is 1. The van der Waals surface area contributed by atoms with E-state index < -0.39 is 11.7 Å². The van der Waals surface area contributed by atoms with Crippen LogP contribution in [0.15, 0.2) is 24.4 Å². The Labute approximate surface area is 92.3 Å². The van der Waals surface area contributed by atoms with Crippen LogP contribution in [0.4, 0.5) is 13.2 Å². The van der Waals surface area contributed by atoms with E-state index in [1.54, 1.807) is 12.3 Å². The Morgan fingerprint density at radius 3 is 2.31 bits per heavy atom. The molecule has 0 aliphatic rings. The summed E-state index contributed by atoms with van der Waals surface area (Å²) in [6, 6.07) is 4.31. The van der Waals surface area contributed by atoms with Crippen molar-refractivity contribution in [2.45, 2.75) is 26.9 Å². The van der Waals surface area contributed by atoms with Crippen molar-refractivity contribution in [1.82, 2.24) is 4.98 Å². The normalized spacial score (nSPS) is 11.1. The minimum atomic E-state index is -4.27. The lowest BCUT2D eigenvalue weighted by Gasteiger charge is -2.09. The van der Waals surface area contributed by atoms with Gasteiger partial charge >= 0.3 is 6.18 Å². The molecule has 0 radical (unpaired) electrons. The molecule has 16 heavy (non-hydrogen) atoms. The Bertz CT molecular complexity index is 469. The van der Waals surface area contributed by atoms with Crippen LogP contribution < -0.4 is 0 Å². The third-order valence-corrected chi connectivity index (χ3v) is 2.20. The maximum absolute atomic E-state index is 12.5. The van der Waals surface area contributed by atoms with Gasteiger partial charge in [0.25, 0.3) is 0 Å². The standard InChI is InChI=1S/C10H8F3N.C2H6/c1-6-4-9-7(2-3-14-9)5-8(6)10(11,12)13;1-2/h2-5,14H,1H3;1-2H3. The Kier molecular flexibility index (Phi) is 3.62. The lowest BCUT2D eigenvalue weighted by Crippen LogP contribution is -2.06. The molecular formula is C12H14F3N. The Balaban J connectivity index is 0.000000606. The number of fused-ring (bicyclic) bond motifs is 1. The number of nitrogens with one attached hydrogen (secondary N) is 1. The lowest BCUT2D eigenvalue weighted by molar-refractivity contribution is -0.137. The molecule has 0 bridgehead atoms. The molecule has 0 spiro atoms. The van der Waals surface area contributed by atoms with Crippen LogP contribution in [0.2, 0.25) is 0 Å². The number of aromatic amines is 1. The quantitative estimate of drug-likeness (QED) is 0.683. The first-order valence-electron chi connectivity index (χ1n) is 5.13. The summed E-state index contributed by atoms with van der Waals surface area (Å²) in [6.45, 7) is 5.46. The predicted octanol–water partition coefficient (Wildman–Crippen LogP) is 4.52. The van der Waals surface area contributed by atoms with Crippen LogP contribution in [0.3, 0.4) is 0 Å². The molecule has 0 aliphatic heterocycles. The number of hydrogen-bond donors (Lipinski definition) is 1. The maximum Gasteiger partial charge on any atom is 0.416 e. The van der Waals surface area contributed by atoms with Gasteiger partial charge in [0.05, 0.1) is 5.56 Å². The number of halogens is 3. The summed E-state index contributed by atoms with van der Waals surface area (Å²) in [5, 5.41) is 0.586. The molecule has 0 atom stereocenters. The van der Waals surface area contributed by atoms with E-state index in [4.69, 9.17) is 0 Å². The Hall–Kier alpha value is -1.45. The van der Waals surface area contributed by atoms with E-state index in [0.717, 1.165) is 5.52 Å². The Morgan fingerprint density at radius 1 is 1.12 bits per heavy atom. The first-order valence-corrected chi connectivity index (χ1v) is 5.13. The average molecular weight is 229 g/mol. The summed E-state index contributed by atoms with van der Waals surface area (Å²) in [6.07, 6.45) is -2.64. The highest BCUT2D eigenvalue weighted by atomic mass is 19.4. The number of hydrogen-bond acceptors (Lipinski definition) is 0. The van der Waals surface area contributed by atoms with Gasteiger partial charge in [0.2, 0.25) is 0 Å². The molecule has 1 heterocycles. The summed E-state index contributed by atoms with van der Waals surface area (Å²) >= 11 is 0. The molecule has 2 rings (SSSR count). The van der Waals surface area contributed by atoms with Crippen LogP contribution in [0.5, 0.6) is 0 Å². The fourth-order valence-electron chi connectivity index (χ4n) is 1.51. The molecule has 1 nitrogen and oxygen atoms in total. The average Bonchev–Trinajstić information content (AvgIpc) is 2.65. The van der Waals surface area contributed by atoms with Crippen molar-refractivity contribution in [2.24, 2.45) is 0 Å². The number of rotatable bonds is 0. The molecule has 0 saturated heterocycles. The predicted molar refractivity (Wildman–Crippen MR) is 59.4 cm³/mol. The van der Waals surface area contributed by atoms with E-state index >= 15 is 0 Å². The highest BCUT2D eigenvalue weighted by Gasteiger charge is 2.32. The third kappa shape index (κ3) is 2.38. The fourth-order valence-corrected chi connectivity index (χ4v) is 1.51. The largest absolute Gasteiger partial charge is 0.416 e. The lowest BCUT2D eigenvalue weighted by atomic mass is 10.1. The van der Waals surface area contributed by atoms with Crippen molar-refractivity contribution in [1.29, 1.82) is 0 Å². The van der Waals surface area contributed by atoms with E-state index in [9.17, 15) is 13.2 Å². The first kappa shape index (κ1) is 12.6. The van der Waals surface area contributed by atoms with Gasteiger partial charge in [-0.3, -0.25) is 0 Å². The van der Waals surface area contributed by atoms with E-state index in [1.165, 1.54) is 19.1 Å². The van der Waals surface area contributed by atoms with Crippen molar-refractivity contribution < 1.29 is 13.2 Å². The molecule has 88 valence electrons. The van der Waals surface area contributed by atoms with Gasteiger partial charge in [-0.15, -0.1) is 0 Å². The maximum atomic E-state index is 12.5. The molecule has 1 aromatic carbocycles. The van der Waals surface area contributed by atoms with Crippen LogP contribution in [-0.4, -0.2) is 4.98 Å². The second-order valence-corrected chi connectivity index (χ2v) is 3.23. The van der Waals surface area contributed by atoms with Crippen LogP contribution >= 0.6 is 0 Å². The van der Waals surface area contributed by atoms with Crippen LogP contribution in [-0.2, 0) is 6.18 Å². The van der Waals surface area contributed by atoms with Gasteiger partial charge in [0, 0.05) is 11.7 Å². The molecule has 1 aromatic heterocycles. The molecule has 0 fully saturated rings. The van der Waals surface area contributed by atoms with Gasteiger partial charge in [0.15, 0.2) is 0 Å². The number of alkyl halides is 3. The highest BCUT2D eigenvalue weighted by Crippen LogP contribution is 2.33. The fraction of sp³-hybridized carbons (Fsp3) is 0.333. The molecule has 0 saturated carbocycles. The SMILES string of the molecule is CC.Cc1cc2[nH]ccc2cc1C(F)(F)F. The summed E-state index contributed by atoms with van der Waals surface area (Å²) in [7, 11) is 0. The van der Waals surface area contributed by atoms with E-state index in [0.29, 0.717) is 5.39 Å². The van der Waals surface area contributed by atoms with E-state index in [1.807, 2.05) is 13.8 Å². The summed E-state index contributed by atoms with van der Waals surface area (Å²) in [5.74, 6) is 0. The van der Waals surface area contributed by atoms with E-state index in [2.05, 4.69) is 4.98 Å². The van der Waals surface area contributed by atoms with Gasteiger partial charge in [-0.1, -0.05) is 13.8 Å². The van der Waals surface area contributed by atoms with Crippen molar-refractivity contribution in [3.05, 3.63) is 35.5 Å². The zero-order valence-corrected chi connectivity index (χ0v) is 9.44. The van der Waals surface area contributed by atoms with Crippen LogP contribution in [0, 0.1) is 6.92 Å². The molecule has 1 N–H and O–H groups in total. The van der Waals surface area contributed by atoms with Crippen LogP contribution in [0.25, 0.3) is 10.9 Å². The zero-order chi connectivity index (χ0) is 12.3. The molecule has 0 aliphatic carbocycles. The van der Waals surface area contributed by atoms with Gasteiger partial charge in [0.1, 0.15) is 0 Å². The second kappa shape index (κ2) is 4.60. The minimum Gasteiger partial charge on any atom is -0.361 e. The molecule has 4 heteroatoms. The van der Waals surface area contributed by atoms with Gasteiger partial charge < -0.3 is 4.98 Å². The second-order valence-electron chi connectivity index (χ2n) is 3.23. The topological polar surface area (TPSA) is 15.8 Å². The monoisotopic (exact) mass is 229 g/mol. The van der Waals surface area contributed by atoms with Crippen molar-refractivity contribution in [2.75, 3.05) is 0 Å². The first-order chi connectivity index (χ1) is 7.48. The smallest absolute Gasteiger partial charge is 0.361 e. The molecule has 0 amide bonds. The van der Waals surface area contributed by atoms with Gasteiger partial charge in [-0.2, -0.15) is 13.2 Å². The molecular weight excluding hydrogens is 215 g/mol. The summed E-state index contributed by atoms with van der Waals surface area (Å²) in [5.41, 5.74) is 0.410. The summed E-state index contributed by atoms with van der Waals surface area (Å²) < 4.78 is 37.4. The molecule has 2 aromatic rings. The van der Waals surface area contributed by atoms with E-state index in [-0.39, 0.29) is 5.56 Å². The van der Waals surface area contributed by atoms with Gasteiger partial charge in [-0.05, 0) is 36.1 Å². The van der Waals surface area contributed by atoms with Crippen LogP contribution in [0.1, 0.15) is 25.0 Å².